The van der Waals surface area contributed by atoms with Gasteiger partial charge in [-0.05, 0) is 42.5 Å². The highest BCUT2D eigenvalue weighted by Crippen LogP contribution is 2.31. The number of nitrogens with two attached hydrogens (primary N) is 1. The van der Waals surface area contributed by atoms with Crippen LogP contribution in [0.25, 0.3) is 11.4 Å². The topological polar surface area (TPSA) is 124 Å². The normalized spacial score (nSPS) is 11.4. The monoisotopic (exact) mass is 475 g/mol. The lowest BCUT2D eigenvalue weighted by Crippen LogP contribution is -2.05. The minimum absolute atomic E-state index is 0.198. The summed E-state index contributed by atoms with van der Waals surface area (Å²) in [5, 5.41) is 11.0. The number of aromatic nitrogens is 5. The van der Waals surface area contributed by atoms with Gasteiger partial charge in [-0.1, -0.05) is 6.07 Å². The van der Waals surface area contributed by atoms with Gasteiger partial charge in [-0.15, -0.1) is 10.2 Å². The van der Waals surface area contributed by atoms with Crippen molar-refractivity contribution in [2.24, 2.45) is 0 Å². The standard InChI is InChI=1S/C20H16F3N7O2S/c1-31-33-19-26-15(24)10-16(27-19)32-14-7-5-11(6-8-14)17-28-18(30-29-17)25-13-4-2-3-12(9-13)20(21,22)23/h2-10H,1H3,(H2,24,26,27)(H2,25,28,29,30). The number of nitrogen functional groups attached to an aromatic ring is 1. The van der Waals surface area contributed by atoms with Crippen LogP contribution in [0, 0.1) is 0 Å². The number of hydrogen-bond acceptors (Lipinski definition) is 9. The molecule has 0 radical (unpaired) electrons. The minimum atomic E-state index is -4.43. The second-order valence-corrected chi connectivity index (χ2v) is 7.38. The van der Waals surface area contributed by atoms with Crippen molar-refractivity contribution in [1.29, 1.82) is 0 Å². The SMILES string of the molecule is COSc1nc(N)cc(Oc2ccc(-c3nnc(Nc4cccc(C(F)(F)F)c4)[nH]3)cc2)n1. The summed E-state index contributed by atoms with van der Waals surface area (Å²) in [6, 6.07) is 13.1. The maximum absolute atomic E-state index is 12.9. The zero-order chi connectivity index (χ0) is 23.4. The van der Waals surface area contributed by atoms with Crippen molar-refractivity contribution >= 4 is 29.5 Å². The minimum Gasteiger partial charge on any atom is -0.439 e. The predicted molar refractivity (Wildman–Crippen MR) is 116 cm³/mol. The predicted octanol–water partition coefficient (Wildman–Crippen LogP) is 5.05. The van der Waals surface area contributed by atoms with Gasteiger partial charge >= 0.3 is 6.18 Å². The van der Waals surface area contributed by atoms with Gasteiger partial charge in [0.1, 0.15) is 11.6 Å². The van der Waals surface area contributed by atoms with Crippen molar-refractivity contribution in [3.63, 3.8) is 0 Å². The maximum atomic E-state index is 12.9. The molecule has 0 spiro atoms. The molecule has 4 rings (SSSR count). The van der Waals surface area contributed by atoms with Crippen LogP contribution in [0.2, 0.25) is 0 Å². The van der Waals surface area contributed by atoms with Crippen molar-refractivity contribution in [1.82, 2.24) is 25.1 Å². The lowest BCUT2D eigenvalue weighted by molar-refractivity contribution is -0.137. The Balaban J connectivity index is 1.45. The number of hydrogen-bond donors (Lipinski definition) is 3. The quantitative estimate of drug-likeness (QED) is 0.249. The van der Waals surface area contributed by atoms with Crippen LogP contribution in [0.4, 0.5) is 30.6 Å². The first kappa shape index (κ1) is 22.4. The molecule has 0 atom stereocenters. The van der Waals surface area contributed by atoms with Crippen LogP contribution in [-0.4, -0.2) is 32.3 Å². The fourth-order valence-electron chi connectivity index (χ4n) is 2.74. The molecule has 0 saturated heterocycles. The summed E-state index contributed by atoms with van der Waals surface area (Å²) in [4.78, 5) is 11.1. The van der Waals surface area contributed by atoms with Crippen LogP contribution >= 0.6 is 12.0 Å². The van der Waals surface area contributed by atoms with Gasteiger partial charge in [0.05, 0.1) is 24.7 Å². The second kappa shape index (κ2) is 9.34. The highest BCUT2D eigenvalue weighted by Gasteiger charge is 2.30. The summed E-state index contributed by atoms with van der Waals surface area (Å²) in [6.45, 7) is 0. The lowest BCUT2D eigenvalue weighted by Gasteiger charge is -2.08. The van der Waals surface area contributed by atoms with Gasteiger partial charge in [-0.3, -0.25) is 0 Å². The van der Waals surface area contributed by atoms with E-state index in [0.717, 1.165) is 24.2 Å². The molecule has 2 aromatic heterocycles. The van der Waals surface area contributed by atoms with Gasteiger partial charge < -0.3 is 25.0 Å². The number of rotatable bonds is 7. The third-order valence-corrected chi connectivity index (χ3v) is 4.65. The molecule has 0 saturated carbocycles. The first-order valence-electron chi connectivity index (χ1n) is 9.30. The maximum Gasteiger partial charge on any atom is 0.416 e. The van der Waals surface area contributed by atoms with E-state index in [0.29, 0.717) is 22.3 Å². The van der Waals surface area contributed by atoms with E-state index in [2.05, 4.69) is 30.5 Å². The number of halogens is 3. The molecule has 9 nitrogen and oxygen atoms in total. The largest absolute Gasteiger partial charge is 0.439 e. The Hall–Kier alpha value is -3.84. The van der Waals surface area contributed by atoms with Crippen LogP contribution in [0.3, 0.4) is 0 Å². The Kier molecular flexibility index (Phi) is 6.33. The Morgan fingerprint density at radius 3 is 2.55 bits per heavy atom. The number of ether oxygens (including phenoxy) is 1. The van der Waals surface area contributed by atoms with Crippen molar-refractivity contribution in [3.05, 3.63) is 60.2 Å². The molecule has 4 aromatic rings. The lowest BCUT2D eigenvalue weighted by atomic mass is 10.2. The number of nitrogens with one attached hydrogen (secondary N) is 2. The van der Waals surface area contributed by atoms with E-state index in [4.69, 9.17) is 14.7 Å². The molecule has 2 aromatic carbocycles. The highest BCUT2D eigenvalue weighted by atomic mass is 32.2. The summed E-state index contributed by atoms with van der Waals surface area (Å²) < 4.78 is 49.3. The van der Waals surface area contributed by atoms with E-state index in [1.807, 2.05) is 0 Å². The smallest absolute Gasteiger partial charge is 0.416 e. The molecule has 2 heterocycles. The van der Waals surface area contributed by atoms with Crippen molar-refractivity contribution in [3.8, 4) is 23.0 Å². The van der Waals surface area contributed by atoms with E-state index < -0.39 is 11.7 Å². The van der Waals surface area contributed by atoms with Crippen LogP contribution in [0.1, 0.15) is 5.56 Å². The molecular weight excluding hydrogens is 459 g/mol. The van der Waals surface area contributed by atoms with Gasteiger partial charge in [0.25, 0.3) is 0 Å². The van der Waals surface area contributed by atoms with Crippen LogP contribution in [0.15, 0.2) is 59.8 Å². The van der Waals surface area contributed by atoms with Crippen LogP contribution < -0.4 is 15.8 Å². The molecule has 13 heteroatoms. The Morgan fingerprint density at radius 2 is 1.82 bits per heavy atom. The highest BCUT2D eigenvalue weighted by molar-refractivity contribution is 7.94. The van der Waals surface area contributed by atoms with E-state index in [-0.39, 0.29) is 23.3 Å². The van der Waals surface area contributed by atoms with Gasteiger partial charge in [0.15, 0.2) is 5.82 Å². The average Bonchev–Trinajstić information content (AvgIpc) is 3.22. The average molecular weight is 475 g/mol. The fourth-order valence-corrected chi connectivity index (χ4v) is 3.16. The summed E-state index contributed by atoms with van der Waals surface area (Å²) in [5.41, 5.74) is 5.90. The summed E-state index contributed by atoms with van der Waals surface area (Å²) >= 11 is 0.955. The second-order valence-electron chi connectivity index (χ2n) is 6.52. The van der Waals surface area contributed by atoms with Crippen molar-refractivity contribution < 1.29 is 22.1 Å². The molecule has 0 amide bonds. The number of alkyl halides is 3. The number of anilines is 3. The third-order valence-electron chi connectivity index (χ3n) is 4.15. The summed E-state index contributed by atoms with van der Waals surface area (Å²) in [7, 11) is 1.49. The van der Waals surface area contributed by atoms with Crippen molar-refractivity contribution in [2.75, 3.05) is 18.2 Å². The van der Waals surface area contributed by atoms with Gasteiger partial charge in [0.2, 0.25) is 17.0 Å². The summed E-state index contributed by atoms with van der Waals surface area (Å²) in [6.07, 6.45) is -4.43. The van der Waals surface area contributed by atoms with E-state index >= 15 is 0 Å². The van der Waals surface area contributed by atoms with E-state index in [1.54, 1.807) is 24.3 Å². The molecule has 0 bridgehead atoms. The Bertz CT molecular complexity index is 1250. The molecule has 0 aliphatic carbocycles. The molecule has 4 N–H and O–H groups in total. The van der Waals surface area contributed by atoms with Gasteiger partial charge in [0, 0.05) is 17.3 Å². The molecular formula is C20H16F3N7O2S. The zero-order valence-electron chi connectivity index (χ0n) is 16.9. The number of nitrogens with zero attached hydrogens (tertiary/aromatic N) is 4. The Labute approximate surface area is 189 Å². The first-order chi connectivity index (χ1) is 15.8. The third kappa shape index (κ3) is 5.70. The van der Waals surface area contributed by atoms with E-state index in [9.17, 15) is 13.2 Å². The molecule has 0 unspecified atom stereocenters. The first-order valence-corrected chi connectivity index (χ1v) is 10.0. The van der Waals surface area contributed by atoms with Crippen LogP contribution in [0.5, 0.6) is 11.6 Å². The van der Waals surface area contributed by atoms with Crippen LogP contribution in [-0.2, 0) is 10.4 Å². The number of aromatic amines is 1. The molecule has 0 fully saturated rings. The molecule has 170 valence electrons. The Morgan fingerprint density at radius 1 is 1.03 bits per heavy atom. The number of H-pyrrole nitrogens is 1. The summed E-state index contributed by atoms with van der Waals surface area (Å²) in [5.74, 6) is 1.60. The molecule has 33 heavy (non-hydrogen) atoms. The molecule has 0 aliphatic heterocycles. The zero-order valence-corrected chi connectivity index (χ0v) is 17.7. The molecule has 0 aliphatic rings. The van der Waals surface area contributed by atoms with Gasteiger partial charge in [-0.2, -0.15) is 18.2 Å². The van der Waals surface area contributed by atoms with Crippen molar-refractivity contribution in [2.45, 2.75) is 11.3 Å². The van der Waals surface area contributed by atoms with E-state index in [1.165, 1.54) is 25.3 Å². The van der Waals surface area contributed by atoms with Gasteiger partial charge in [-0.25, -0.2) is 4.98 Å². The number of benzene rings is 2. The fraction of sp³-hybridized carbons (Fsp3) is 0.100.